The minimum atomic E-state index is 0.0896. The molecular formula is C22H18ClNO2. The van der Waals surface area contributed by atoms with E-state index in [0.29, 0.717) is 11.4 Å². The Kier molecular flexibility index (Phi) is 4.63. The molecule has 0 radical (unpaired) electrons. The Bertz CT molecular complexity index is 892. The van der Waals surface area contributed by atoms with Crippen molar-refractivity contribution in [1.29, 1.82) is 0 Å². The highest BCUT2D eigenvalue weighted by molar-refractivity contribution is 6.30. The zero-order chi connectivity index (χ0) is 17.9. The van der Waals surface area contributed by atoms with Crippen LogP contribution in [0.5, 0.6) is 11.5 Å². The van der Waals surface area contributed by atoms with E-state index in [1.54, 1.807) is 12.1 Å². The molecule has 1 aliphatic heterocycles. The number of halogens is 1. The first kappa shape index (κ1) is 16.7. The second kappa shape index (κ2) is 7.22. The van der Waals surface area contributed by atoms with Crippen LogP contribution in [0.2, 0.25) is 5.02 Å². The molecule has 0 aliphatic carbocycles. The number of hydrogen-bond donors (Lipinski definition) is 0. The smallest absolute Gasteiger partial charge is 0.227 e. The summed E-state index contributed by atoms with van der Waals surface area (Å²) in [6.45, 7) is 0. The molecule has 1 fully saturated rings. The van der Waals surface area contributed by atoms with Gasteiger partial charge in [0.1, 0.15) is 11.5 Å². The highest BCUT2D eigenvalue weighted by atomic mass is 35.5. The number of ether oxygens (including phenoxy) is 1. The van der Waals surface area contributed by atoms with Crippen LogP contribution in [0.1, 0.15) is 24.4 Å². The minimum Gasteiger partial charge on any atom is -0.457 e. The standard InChI is InChI=1S/C22H18ClNO2/c23-17-6-10-19(11-7-17)26-20-12-8-18(9-13-20)24-21(14-15-22(24)25)16-4-2-1-3-5-16/h1-13,21H,14-15H2/t21-/m1/s1. The van der Waals surface area contributed by atoms with Crippen LogP contribution in [0.4, 0.5) is 5.69 Å². The number of carbonyl (C=O) groups is 1. The van der Waals surface area contributed by atoms with Crippen molar-refractivity contribution >= 4 is 23.2 Å². The van der Waals surface area contributed by atoms with Crippen molar-refractivity contribution in [2.24, 2.45) is 0 Å². The van der Waals surface area contributed by atoms with Crippen LogP contribution in [-0.4, -0.2) is 5.91 Å². The van der Waals surface area contributed by atoms with Gasteiger partial charge in [0.05, 0.1) is 6.04 Å². The third-order valence-corrected chi connectivity index (χ3v) is 4.81. The topological polar surface area (TPSA) is 29.5 Å². The highest BCUT2D eigenvalue weighted by Gasteiger charge is 2.33. The van der Waals surface area contributed by atoms with Crippen LogP contribution in [0, 0.1) is 0 Å². The fraction of sp³-hybridized carbons (Fsp3) is 0.136. The Morgan fingerprint density at radius 3 is 2.12 bits per heavy atom. The lowest BCUT2D eigenvalue weighted by molar-refractivity contribution is -0.117. The Hall–Kier alpha value is -2.78. The third-order valence-electron chi connectivity index (χ3n) is 4.56. The summed E-state index contributed by atoms with van der Waals surface area (Å²) in [6, 6.07) is 25.1. The predicted octanol–water partition coefficient (Wildman–Crippen LogP) is 6.00. The van der Waals surface area contributed by atoms with E-state index >= 15 is 0 Å². The van der Waals surface area contributed by atoms with E-state index in [9.17, 15) is 4.79 Å². The lowest BCUT2D eigenvalue weighted by Gasteiger charge is -2.25. The number of benzene rings is 3. The maximum absolute atomic E-state index is 12.4. The van der Waals surface area contributed by atoms with Gasteiger partial charge in [-0.25, -0.2) is 0 Å². The molecule has 0 N–H and O–H groups in total. The Morgan fingerprint density at radius 1 is 0.846 bits per heavy atom. The minimum absolute atomic E-state index is 0.0896. The summed E-state index contributed by atoms with van der Waals surface area (Å²) in [5, 5.41) is 0.673. The van der Waals surface area contributed by atoms with Crippen molar-refractivity contribution in [3.8, 4) is 11.5 Å². The first-order valence-corrected chi connectivity index (χ1v) is 8.99. The number of hydrogen-bond acceptors (Lipinski definition) is 2. The first-order chi connectivity index (χ1) is 12.7. The molecular weight excluding hydrogens is 346 g/mol. The molecule has 1 atom stereocenters. The second-order valence-electron chi connectivity index (χ2n) is 6.28. The molecule has 130 valence electrons. The van der Waals surface area contributed by atoms with Gasteiger partial charge in [0.15, 0.2) is 0 Å². The Morgan fingerprint density at radius 2 is 1.46 bits per heavy atom. The average molecular weight is 364 g/mol. The van der Waals surface area contributed by atoms with Crippen molar-refractivity contribution in [2.45, 2.75) is 18.9 Å². The molecule has 1 amide bonds. The van der Waals surface area contributed by atoms with Gasteiger partial charge < -0.3 is 9.64 Å². The maximum Gasteiger partial charge on any atom is 0.227 e. The van der Waals surface area contributed by atoms with Crippen LogP contribution in [0.25, 0.3) is 0 Å². The normalized spacial score (nSPS) is 16.7. The fourth-order valence-electron chi connectivity index (χ4n) is 3.31. The number of rotatable bonds is 4. The molecule has 0 bridgehead atoms. The van der Waals surface area contributed by atoms with Gasteiger partial charge in [-0.3, -0.25) is 4.79 Å². The number of anilines is 1. The summed E-state index contributed by atoms with van der Waals surface area (Å²) in [7, 11) is 0. The summed E-state index contributed by atoms with van der Waals surface area (Å²) in [4.78, 5) is 14.3. The van der Waals surface area contributed by atoms with Gasteiger partial charge in [0, 0.05) is 17.1 Å². The molecule has 3 aromatic rings. The zero-order valence-electron chi connectivity index (χ0n) is 14.1. The first-order valence-electron chi connectivity index (χ1n) is 8.61. The molecule has 3 aromatic carbocycles. The van der Waals surface area contributed by atoms with E-state index in [2.05, 4.69) is 12.1 Å². The summed E-state index contributed by atoms with van der Waals surface area (Å²) in [5.41, 5.74) is 2.06. The summed E-state index contributed by atoms with van der Waals surface area (Å²) >= 11 is 5.89. The van der Waals surface area contributed by atoms with Crippen LogP contribution in [0.15, 0.2) is 78.9 Å². The molecule has 0 spiro atoms. The van der Waals surface area contributed by atoms with E-state index in [4.69, 9.17) is 16.3 Å². The average Bonchev–Trinajstić information content (AvgIpc) is 3.06. The molecule has 3 nitrogen and oxygen atoms in total. The van der Waals surface area contributed by atoms with Crippen LogP contribution in [0.3, 0.4) is 0 Å². The van der Waals surface area contributed by atoms with Gasteiger partial charge in [-0.2, -0.15) is 0 Å². The fourth-order valence-corrected chi connectivity index (χ4v) is 3.44. The van der Waals surface area contributed by atoms with Crippen molar-refractivity contribution in [3.05, 3.63) is 89.4 Å². The zero-order valence-corrected chi connectivity index (χ0v) is 14.9. The van der Waals surface area contributed by atoms with Gasteiger partial charge in [-0.05, 0) is 60.5 Å². The van der Waals surface area contributed by atoms with Gasteiger partial charge in [0.2, 0.25) is 5.91 Å². The molecule has 4 rings (SSSR count). The molecule has 0 aromatic heterocycles. The Balaban J connectivity index is 1.55. The van der Waals surface area contributed by atoms with Crippen LogP contribution >= 0.6 is 11.6 Å². The monoisotopic (exact) mass is 363 g/mol. The summed E-state index contributed by atoms with van der Waals surface area (Å²) in [5.74, 6) is 1.60. The lowest BCUT2D eigenvalue weighted by Crippen LogP contribution is -2.27. The van der Waals surface area contributed by atoms with Crippen LogP contribution < -0.4 is 9.64 Å². The molecule has 26 heavy (non-hydrogen) atoms. The maximum atomic E-state index is 12.4. The van der Waals surface area contributed by atoms with Crippen molar-refractivity contribution in [2.75, 3.05) is 4.90 Å². The quantitative estimate of drug-likeness (QED) is 0.568. The number of nitrogens with zero attached hydrogens (tertiary/aromatic N) is 1. The van der Waals surface area contributed by atoms with Gasteiger partial charge >= 0.3 is 0 Å². The highest BCUT2D eigenvalue weighted by Crippen LogP contribution is 2.37. The summed E-state index contributed by atoms with van der Waals surface area (Å²) in [6.07, 6.45) is 1.41. The molecule has 1 heterocycles. The van der Waals surface area contributed by atoms with Crippen LogP contribution in [-0.2, 0) is 4.79 Å². The predicted molar refractivity (Wildman–Crippen MR) is 104 cm³/mol. The lowest BCUT2D eigenvalue weighted by atomic mass is 10.0. The van der Waals surface area contributed by atoms with Crippen molar-refractivity contribution in [1.82, 2.24) is 0 Å². The van der Waals surface area contributed by atoms with Crippen molar-refractivity contribution in [3.63, 3.8) is 0 Å². The molecule has 1 aliphatic rings. The van der Waals surface area contributed by atoms with Gasteiger partial charge in [0.25, 0.3) is 0 Å². The van der Waals surface area contributed by atoms with Gasteiger partial charge in [-0.15, -0.1) is 0 Å². The molecule has 4 heteroatoms. The molecule has 0 unspecified atom stereocenters. The van der Waals surface area contributed by atoms with E-state index in [1.807, 2.05) is 59.5 Å². The molecule has 0 saturated carbocycles. The van der Waals surface area contributed by atoms with E-state index in [0.717, 1.165) is 23.6 Å². The second-order valence-corrected chi connectivity index (χ2v) is 6.72. The third kappa shape index (κ3) is 3.44. The van der Waals surface area contributed by atoms with E-state index < -0.39 is 0 Å². The van der Waals surface area contributed by atoms with Crippen molar-refractivity contribution < 1.29 is 9.53 Å². The van der Waals surface area contributed by atoms with E-state index in [-0.39, 0.29) is 11.9 Å². The number of carbonyl (C=O) groups excluding carboxylic acids is 1. The van der Waals surface area contributed by atoms with Gasteiger partial charge in [-0.1, -0.05) is 41.9 Å². The Labute approximate surface area is 157 Å². The summed E-state index contributed by atoms with van der Waals surface area (Å²) < 4.78 is 5.83. The number of amides is 1. The SMILES string of the molecule is O=C1CC[C@H](c2ccccc2)N1c1ccc(Oc2ccc(Cl)cc2)cc1. The largest absolute Gasteiger partial charge is 0.457 e. The van der Waals surface area contributed by atoms with E-state index in [1.165, 1.54) is 5.56 Å². The molecule has 1 saturated heterocycles.